The van der Waals surface area contributed by atoms with Crippen LogP contribution >= 0.6 is 0 Å². The molecule has 4 nitrogen and oxygen atoms in total. The number of rotatable bonds is 3. The van der Waals surface area contributed by atoms with E-state index < -0.39 is 6.10 Å². The number of hydrogen-bond acceptors (Lipinski definition) is 4. The molecule has 0 aliphatic heterocycles. The van der Waals surface area contributed by atoms with E-state index in [9.17, 15) is 5.11 Å². The molecule has 0 spiro atoms. The van der Waals surface area contributed by atoms with Crippen LogP contribution in [0.2, 0.25) is 0 Å². The molecule has 16 heavy (non-hydrogen) atoms. The average Bonchev–Trinajstić information content (AvgIpc) is 2.36. The van der Waals surface area contributed by atoms with E-state index in [4.69, 9.17) is 5.11 Å². The molecule has 1 aromatic carbocycles. The molecule has 2 aromatic rings. The van der Waals surface area contributed by atoms with Gasteiger partial charge in [0, 0.05) is 0 Å². The van der Waals surface area contributed by atoms with Crippen molar-refractivity contribution < 1.29 is 10.2 Å². The molecular formula is C12H14N2O2. The number of aliphatic hydroxyl groups excluding tert-OH is 2. The standard InChI is InChI=1S/C12H14N2O2/c1-2-8-12(11(16)7-15)14-10-6-4-3-5-9(10)13-8/h3-6,11,15-16H,2,7H2,1H3. The van der Waals surface area contributed by atoms with E-state index in [0.29, 0.717) is 12.1 Å². The molecule has 1 heterocycles. The van der Waals surface area contributed by atoms with Crippen LogP contribution in [0.15, 0.2) is 24.3 Å². The van der Waals surface area contributed by atoms with Gasteiger partial charge in [0.05, 0.1) is 29.0 Å². The maximum Gasteiger partial charge on any atom is 0.121 e. The van der Waals surface area contributed by atoms with Crippen LogP contribution in [0.3, 0.4) is 0 Å². The highest BCUT2D eigenvalue weighted by Crippen LogP contribution is 2.18. The molecule has 0 saturated heterocycles. The van der Waals surface area contributed by atoms with Gasteiger partial charge in [-0.15, -0.1) is 0 Å². The Morgan fingerprint density at radius 1 is 1.19 bits per heavy atom. The van der Waals surface area contributed by atoms with Crippen LogP contribution in [0.4, 0.5) is 0 Å². The van der Waals surface area contributed by atoms with Crippen LogP contribution in [-0.4, -0.2) is 26.8 Å². The topological polar surface area (TPSA) is 66.2 Å². The summed E-state index contributed by atoms with van der Waals surface area (Å²) in [4.78, 5) is 8.77. The molecule has 0 fully saturated rings. The van der Waals surface area contributed by atoms with Crippen LogP contribution in [-0.2, 0) is 6.42 Å². The predicted molar refractivity (Wildman–Crippen MR) is 61.0 cm³/mol. The zero-order valence-electron chi connectivity index (χ0n) is 9.09. The average molecular weight is 218 g/mol. The number of fused-ring (bicyclic) bond motifs is 1. The Kier molecular flexibility index (Phi) is 3.12. The summed E-state index contributed by atoms with van der Waals surface area (Å²) in [5.41, 5.74) is 2.76. The quantitative estimate of drug-likeness (QED) is 0.812. The van der Waals surface area contributed by atoms with E-state index in [2.05, 4.69) is 9.97 Å². The van der Waals surface area contributed by atoms with Gasteiger partial charge in [0.15, 0.2) is 0 Å². The van der Waals surface area contributed by atoms with E-state index in [0.717, 1.165) is 16.7 Å². The number of aliphatic hydroxyl groups is 2. The van der Waals surface area contributed by atoms with Crippen molar-refractivity contribution >= 4 is 11.0 Å². The van der Waals surface area contributed by atoms with Crippen LogP contribution in [0.5, 0.6) is 0 Å². The first-order chi connectivity index (χ1) is 7.76. The highest BCUT2D eigenvalue weighted by molar-refractivity contribution is 5.74. The fourth-order valence-corrected chi connectivity index (χ4v) is 1.66. The van der Waals surface area contributed by atoms with Gasteiger partial charge in [0.2, 0.25) is 0 Å². The van der Waals surface area contributed by atoms with Gasteiger partial charge in [0.25, 0.3) is 0 Å². The Morgan fingerprint density at radius 2 is 1.81 bits per heavy atom. The third-order valence-corrected chi connectivity index (χ3v) is 2.50. The van der Waals surface area contributed by atoms with Gasteiger partial charge in [-0.1, -0.05) is 19.1 Å². The first kappa shape index (κ1) is 11.0. The van der Waals surface area contributed by atoms with Crippen molar-refractivity contribution in [3.05, 3.63) is 35.7 Å². The summed E-state index contributed by atoms with van der Waals surface area (Å²) in [7, 11) is 0. The predicted octanol–water partition coefficient (Wildman–Crippen LogP) is 1.22. The van der Waals surface area contributed by atoms with E-state index in [1.54, 1.807) is 0 Å². The first-order valence-electron chi connectivity index (χ1n) is 5.30. The second kappa shape index (κ2) is 4.55. The van der Waals surface area contributed by atoms with Crippen LogP contribution in [0.1, 0.15) is 24.4 Å². The maximum atomic E-state index is 9.65. The Morgan fingerprint density at radius 3 is 2.38 bits per heavy atom. The highest BCUT2D eigenvalue weighted by Gasteiger charge is 2.14. The molecule has 2 N–H and O–H groups in total. The van der Waals surface area contributed by atoms with Gasteiger partial charge in [-0.2, -0.15) is 0 Å². The van der Waals surface area contributed by atoms with E-state index in [-0.39, 0.29) is 6.61 Å². The monoisotopic (exact) mass is 218 g/mol. The molecule has 2 rings (SSSR count). The maximum absolute atomic E-state index is 9.65. The van der Waals surface area contributed by atoms with E-state index in [1.165, 1.54) is 0 Å². The van der Waals surface area contributed by atoms with Crippen molar-refractivity contribution in [1.29, 1.82) is 0 Å². The number of aromatic nitrogens is 2. The lowest BCUT2D eigenvalue weighted by Gasteiger charge is -2.11. The van der Waals surface area contributed by atoms with Crippen LogP contribution in [0, 0.1) is 0 Å². The Labute approximate surface area is 93.6 Å². The minimum absolute atomic E-state index is 0.333. The molecule has 0 amide bonds. The molecule has 0 saturated carbocycles. The lowest BCUT2D eigenvalue weighted by atomic mass is 10.1. The Balaban J connectivity index is 2.62. The van der Waals surface area contributed by atoms with Gasteiger partial charge < -0.3 is 10.2 Å². The largest absolute Gasteiger partial charge is 0.393 e. The normalized spacial score (nSPS) is 12.9. The first-order valence-corrected chi connectivity index (χ1v) is 5.30. The number of aryl methyl sites for hydroxylation is 1. The highest BCUT2D eigenvalue weighted by atomic mass is 16.3. The smallest absolute Gasteiger partial charge is 0.121 e. The third kappa shape index (κ3) is 1.89. The molecule has 4 heteroatoms. The fraction of sp³-hybridized carbons (Fsp3) is 0.333. The molecule has 1 unspecified atom stereocenters. The van der Waals surface area contributed by atoms with E-state index >= 15 is 0 Å². The van der Waals surface area contributed by atoms with Gasteiger partial charge in [-0.25, -0.2) is 9.97 Å². The summed E-state index contributed by atoms with van der Waals surface area (Å²) < 4.78 is 0. The second-order valence-electron chi connectivity index (χ2n) is 3.60. The molecule has 1 aromatic heterocycles. The molecule has 0 bridgehead atoms. The summed E-state index contributed by atoms with van der Waals surface area (Å²) in [6.07, 6.45) is -0.267. The van der Waals surface area contributed by atoms with Crippen molar-refractivity contribution in [1.82, 2.24) is 9.97 Å². The van der Waals surface area contributed by atoms with Crippen molar-refractivity contribution in [2.75, 3.05) is 6.61 Å². The van der Waals surface area contributed by atoms with Gasteiger partial charge >= 0.3 is 0 Å². The molecule has 84 valence electrons. The number of benzene rings is 1. The Hall–Kier alpha value is -1.52. The minimum atomic E-state index is -0.952. The summed E-state index contributed by atoms with van der Waals surface area (Å²) in [5.74, 6) is 0. The zero-order chi connectivity index (χ0) is 11.5. The number of hydrogen-bond donors (Lipinski definition) is 2. The summed E-state index contributed by atoms with van der Waals surface area (Å²) in [5, 5.41) is 18.6. The summed E-state index contributed by atoms with van der Waals surface area (Å²) in [6.45, 7) is 1.62. The molecule has 0 radical (unpaired) electrons. The van der Waals surface area contributed by atoms with Gasteiger partial charge in [0.1, 0.15) is 6.10 Å². The second-order valence-corrected chi connectivity index (χ2v) is 3.60. The lowest BCUT2D eigenvalue weighted by Crippen LogP contribution is -2.10. The van der Waals surface area contributed by atoms with Crippen molar-refractivity contribution in [3.63, 3.8) is 0 Å². The number of nitrogens with zero attached hydrogens (tertiary/aromatic N) is 2. The van der Waals surface area contributed by atoms with Crippen molar-refractivity contribution in [3.8, 4) is 0 Å². The summed E-state index contributed by atoms with van der Waals surface area (Å²) in [6, 6.07) is 7.50. The third-order valence-electron chi connectivity index (χ3n) is 2.50. The molecular weight excluding hydrogens is 204 g/mol. The minimum Gasteiger partial charge on any atom is -0.393 e. The molecule has 1 atom stereocenters. The van der Waals surface area contributed by atoms with Crippen molar-refractivity contribution in [2.24, 2.45) is 0 Å². The fourth-order valence-electron chi connectivity index (χ4n) is 1.66. The zero-order valence-corrected chi connectivity index (χ0v) is 9.09. The lowest BCUT2D eigenvalue weighted by molar-refractivity contribution is 0.0914. The molecule has 0 aliphatic rings. The Bertz CT molecular complexity index is 499. The number of para-hydroxylation sites is 2. The van der Waals surface area contributed by atoms with Crippen LogP contribution < -0.4 is 0 Å². The van der Waals surface area contributed by atoms with Crippen molar-refractivity contribution in [2.45, 2.75) is 19.4 Å². The van der Waals surface area contributed by atoms with Gasteiger partial charge in [-0.3, -0.25) is 0 Å². The summed E-state index contributed by atoms with van der Waals surface area (Å²) >= 11 is 0. The molecule has 0 aliphatic carbocycles. The van der Waals surface area contributed by atoms with E-state index in [1.807, 2.05) is 31.2 Å². The SMILES string of the molecule is CCc1nc2ccccc2nc1C(O)CO. The van der Waals surface area contributed by atoms with Gasteiger partial charge in [-0.05, 0) is 18.6 Å². The van der Waals surface area contributed by atoms with Crippen LogP contribution in [0.25, 0.3) is 11.0 Å².